The molecule has 0 saturated heterocycles. The average Bonchev–Trinajstić information content (AvgIpc) is 3.41. The summed E-state index contributed by atoms with van der Waals surface area (Å²) >= 11 is 0.810. The summed E-state index contributed by atoms with van der Waals surface area (Å²) in [6, 6.07) is 5.87. The summed E-state index contributed by atoms with van der Waals surface area (Å²) in [4.78, 5) is 45.9. The van der Waals surface area contributed by atoms with Crippen LogP contribution in [0.2, 0.25) is 0 Å². The molecule has 4 rings (SSSR count). The fourth-order valence-corrected chi connectivity index (χ4v) is 5.09. The highest BCUT2D eigenvalue weighted by Gasteiger charge is 2.34. The molecule has 41 heavy (non-hydrogen) atoms. The third-order valence-corrected chi connectivity index (χ3v) is 6.83. The van der Waals surface area contributed by atoms with Gasteiger partial charge in [-0.15, -0.1) is 11.3 Å². The Hall–Kier alpha value is -4.26. The van der Waals surface area contributed by atoms with Gasteiger partial charge in [-0.2, -0.15) is 13.2 Å². The van der Waals surface area contributed by atoms with Gasteiger partial charge in [0.15, 0.2) is 5.69 Å². The van der Waals surface area contributed by atoms with E-state index < -0.39 is 29.3 Å². The van der Waals surface area contributed by atoms with E-state index in [0.29, 0.717) is 35.3 Å². The molecular formula is C28H28F3N5O4S. The molecule has 0 fully saturated rings. The Morgan fingerprint density at radius 3 is 2.54 bits per heavy atom. The number of hydrogen-bond acceptors (Lipinski definition) is 7. The number of alkyl halides is 3. The van der Waals surface area contributed by atoms with Crippen LogP contribution in [0.25, 0.3) is 32.6 Å². The third kappa shape index (κ3) is 6.56. The molecule has 9 nitrogen and oxygen atoms in total. The molecule has 3 aromatic heterocycles. The van der Waals surface area contributed by atoms with Crippen LogP contribution in [0, 0.1) is 5.92 Å². The van der Waals surface area contributed by atoms with Crippen LogP contribution in [0.3, 0.4) is 0 Å². The van der Waals surface area contributed by atoms with Crippen LogP contribution in [-0.4, -0.2) is 39.7 Å². The van der Waals surface area contributed by atoms with E-state index >= 15 is 0 Å². The molecule has 0 unspecified atom stereocenters. The number of aromatic nitrogens is 3. The van der Waals surface area contributed by atoms with Crippen molar-refractivity contribution in [2.24, 2.45) is 5.92 Å². The van der Waals surface area contributed by atoms with Gasteiger partial charge in [0, 0.05) is 47.4 Å². The van der Waals surface area contributed by atoms with Crippen LogP contribution in [-0.2, 0) is 17.5 Å². The smallest absolute Gasteiger partial charge is 0.434 e. The number of nitrogens with one attached hydrogen (secondary N) is 2. The van der Waals surface area contributed by atoms with E-state index in [1.165, 1.54) is 18.5 Å². The van der Waals surface area contributed by atoms with Gasteiger partial charge in [-0.1, -0.05) is 19.9 Å². The standard InChI is InChI=1S/C28H28F3N5O4S/c1-5-32-27(39)35-23-10-18(25-34-22(14-41-25)28(29,30)31)19(11-33-23)16-7-8-17-21(9-16)36(12-15(3)4)13-20(24(17)37)26(38)40-6-2/h7-11,13-15H,5-6,12H2,1-4H3,(H2,32,33,35,39). The van der Waals surface area contributed by atoms with Crippen molar-refractivity contribution in [2.45, 2.75) is 40.4 Å². The third-order valence-electron chi connectivity index (χ3n) is 5.96. The van der Waals surface area contributed by atoms with E-state index in [4.69, 9.17) is 4.74 Å². The van der Waals surface area contributed by atoms with Crippen molar-refractivity contribution in [3.63, 3.8) is 0 Å². The minimum absolute atomic E-state index is 0.0750. The number of nitrogens with zero attached hydrogens (tertiary/aromatic N) is 3. The van der Waals surface area contributed by atoms with Gasteiger partial charge >= 0.3 is 18.2 Å². The molecule has 0 saturated carbocycles. The lowest BCUT2D eigenvalue weighted by atomic mass is 9.99. The Balaban J connectivity index is 1.92. The molecule has 1 aromatic carbocycles. The molecule has 13 heteroatoms. The van der Waals surface area contributed by atoms with Crippen LogP contribution in [0.15, 0.2) is 46.8 Å². The quantitative estimate of drug-likeness (QED) is 0.238. The van der Waals surface area contributed by atoms with Gasteiger partial charge in [-0.3, -0.25) is 10.1 Å². The number of ether oxygens (including phenoxy) is 1. The number of urea groups is 1. The molecule has 2 N–H and O–H groups in total. The molecule has 216 valence electrons. The number of fused-ring (bicyclic) bond motifs is 1. The van der Waals surface area contributed by atoms with E-state index in [9.17, 15) is 27.6 Å². The molecule has 0 aliphatic heterocycles. The lowest BCUT2D eigenvalue weighted by Crippen LogP contribution is -2.28. The van der Waals surface area contributed by atoms with Crippen molar-refractivity contribution in [2.75, 3.05) is 18.5 Å². The number of rotatable bonds is 8. The number of benzene rings is 1. The lowest BCUT2D eigenvalue weighted by molar-refractivity contribution is -0.140. The number of halogens is 3. The molecule has 0 atom stereocenters. The SMILES string of the molecule is CCNC(=O)Nc1cc(-c2nc(C(F)(F)F)cs2)c(-c2ccc3c(=O)c(C(=O)OCC)cn(CC(C)C)c3c2)cn1. The molecule has 3 heterocycles. The van der Waals surface area contributed by atoms with E-state index in [2.05, 4.69) is 20.6 Å². The zero-order valence-corrected chi connectivity index (χ0v) is 23.6. The maximum Gasteiger partial charge on any atom is 0.434 e. The predicted octanol–water partition coefficient (Wildman–Crippen LogP) is 6.18. The first kappa shape index (κ1) is 29.7. The van der Waals surface area contributed by atoms with E-state index in [-0.39, 0.29) is 34.3 Å². The minimum Gasteiger partial charge on any atom is -0.462 e. The Morgan fingerprint density at radius 2 is 1.90 bits per heavy atom. The van der Waals surface area contributed by atoms with Crippen LogP contribution in [0.4, 0.5) is 23.8 Å². The Kier molecular flexibility index (Phi) is 8.76. The van der Waals surface area contributed by atoms with E-state index in [0.717, 1.165) is 16.7 Å². The lowest BCUT2D eigenvalue weighted by Gasteiger charge is -2.17. The highest BCUT2D eigenvalue weighted by Crippen LogP contribution is 2.39. The summed E-state index contributed by atoms with van der Waals surface area (Å²) in [6.07, 6.45) is -1.72. The summed E-state index contributed by atoms with van der Waals surface area (Å²) < 4.78 is 47.0. The average molecular weight is 588 g/mol. The fraction of sp³-hybridized carbons (Fsp3) is 0.321. The maximum absolute atomic E-state index is 13.4. The number of anilines is 1. The van der Waals surface area contributed by atoms with Crippen molar-refractivity contribution >= 4 is 40.1 Å². The summed E-state index contributed by atoms with van der Waals surface area (Å²) in [5.74, 6) is -0.436. The monoisotopic (exact) mass is 587 g/mol. The number of carbonyl (C=O) groups is 2. The first-order chi connectivity index (χ1) is 19.4. The minimum atomic E-state index is -4.63. The van der Waals surface area contributed by atoms with Crippen molar-refractivity contribution in [1.29, 1.82) is 0 Å². The zero-order chi connectivity index (χ0) is 29.9. The highest BCUT2D eigenvalue weighted by molar-refractivity contribution is 7.13. The summed E-state index contributed by atoms with van der Waals surface area (Å²) in [5, 5.41) is 6.43. The molecule has 0 aliphatic carbocycles. The van der Waals surface area contributed by atoms with Gasteiger partial charge in [0.25, 0.3) is 0 Å². The number of amides is 2. The van der Waals surface area contributed by atoms with Crippen molar-refractivity contribution in [1.82, 2.24) is 19.9 Å². The van der Waals surface area contributed by atoms with E-state index in [1.54, 1.807) is 36.6 Å². The molecular weight excluding hydrogens is 559 g/mol. The van der Waals surface area contributed by atoms with Crippen molar-refractivity contribution < 1.29 is 27.5 Å². The van der Waals surface area contributed by atoms with Crippen molar-refractivity contribution in [3.05, 3.63) is 63.5 Å². The second-order valence-corrected chi connectivity index (χ2v) is 10.4. The van der Waals surface area contributed by atoms with Gasteiger partial charge < -0.3 is 14.6 Å². The highest BCUT2D eigenvalue weighted by atomic mass is 32.1. The van der Waals surface area contributed by atoms with Crippen LogP contribution >= 0.6 is 11.3 Å². The Morgan fingerprint density at radius 1 is 1.15 bits per heavy atom. The largest absolute Gasteiger partial charge is 0.462 e. The molecule has 0 spiro atoms. The number of carbonyl (C=O) groups excluding carboxylic acids is 2. The number of thiazole rings is 1. The van der Waals surface area contributed by atoms with Gasteiger partial charge in [0.2, 0.25) is 5.43 Å². The topological polar surface area (TPSA) is 115 Å². The van der Waals surface area contributed by atoms with Gasteiger partial charge in [0.05, 0.1) is 12.1 Å². The van der Waals surface area contributed by atoms with E-state index in [1.807, 2.05) is 13.8 Å². The summed E-state index contributed by atoms with van der Waals surface area (Å²) in [6.45, 7) is 8.33. The number of esters is 1. The molecule has 0 bridgehead atoms. The van der Waals surface area contributed by atoms with Crippen molar-refractivity contribution in [3.8, 4) is 21.7 Å². The molecule has 0 aliphatic rings. The van der Waals surface area contributed by atoms with Crippen LogP contribution < -0.4 is 16.1 Å². The van der Waals surface area contributed by atoms with Crippen LogP contribution in [0.1, 0.15) is 43.7 Å². The summed E-state index contributed by atoms with van der Waals surface area (Å²) in [7, 11) is 0. The first-order valence-electron chi connectivity index (χ1n) is 12.9. The maximum atomic E-state index is 13.4. The molecule has 2 amide bonds. The molecule has 0 radical (unpaired) electrons. The second kappa shape index (κ2) is 12.1. The fourth-order valence-electron chi connectivity index (χ4n) is 4.24. The zero-order valence-electron chi connectivity index (χ0n) is 22.8. The van der Waals surface area contributed by atoms with Gasteiger partial charge in [-0.05, 0) is 43.5 Å². The summed E-state index contributed by atoms with van der Waals surface area (Å²) in [5.41, 5.74) is 0.225. The van der Waals surface area contributed by atoms with Crippen LogP contribution in [0.5, 0.6) is 0 Å². The first-order valence-corrected chi connectivity index (χ1v) is 13.7. The normalized spacial score (nSPS) is 11.6. The number of pyridine rings is 2. The number of hydrogen-bond donors (Lipinski definition) is 2. The predicted molar refractivity (Wildman–Crippen MR) is 151 cm³/mol. The van der Waals surface area contributed by atoms with Gasteiger partial charge in [-0.25, -0.2) is 19.6 Å². The molecule has 4 aromatic rings. The Labute approximate surface area is 237 Å². The second-order valence-electron chi connectivity index (χ2n) is 9.51. The Bertz CT molecular complexity index is 1660. The van der Waals surface area contributed by atoms with Gasteiger partial charge in [0.1, 0.15) is 16.4 Å².